The Kier molecular flexibility index (Phi) is 9.75. The molecule has 0 aliphatic carbocycles. The van der Waals surface area contributed by atoms with Crippen molar-refractivity contribution in [2.75, 3.05) is 0 Å². The average Bonchev–Trinajstić information content (AvgIpc) is 2.27. The van der Waals surface area contributed by atoms with Crippen molar-refractivity contribution >= 4 is 20.9 Å². The van der Waals surface area contributed by atoms with Gasteiger partial charge in [-0.2, -0.15) is 12.6 Å². The molecule has 0 amide bonds. The maximum atomic E-state index is 6.75. The first-order valence-electron chi connectivity index (χ1n) is 7.47. The summed E-state index contributed by atoms with van der Waals surface area (Å²) in [6, 6.07) is 2.52. The number of nitrogens with two attached hydrogens (primary N) is 1. The number of hydrogen-bond donors (Lipinski definition) is 2. The highest BCUT2D eigenvalue weighted by Crippen LogP contribution is 2.27. The predicted octanol–water partition coefficient (Wildman–Crippen LogP) is 4.76. The third kappa shape index (κ3) is 6.87. The second-order valence-corrected chi connectivity index (χ2v) is 11.0. The summed E-state index contributed by atoms with van der Waals surface area (Å²) in [5.41, 5.74) is 0. The molecule has 0 aliphatic rings. The number of thiol groups is 1. The van der Waals surface area contributed by atoms with Crippen LogP contribution in [-0.2, 0) is 0 Å². The lowest BCUT2D eigenvalue weighted by atomic mass is 10.0. The average molecular weight is 276 g/mol. The lowest BCUT2D eigenvalue weighted by Crippen LogP contribution is -2.54. The van der Waals surface area contributed by atoms with Crippen molar-refractivity contribution in [3.63, 3.8) is 0 Å². The summed E-state index contributed by atoms with van der Waals surface area (Å²) in [5.74, 6) is 0.842. The summed E-state index contributed by atoms with van der Waals surface area (Å²) >= 11 is 4.82. The Morgan fingerprint density at radius 2 is 1.53 bits per heavy atom. The van der Waals surface area contributed by atoms with Crippen LogP contribution >= 0.6 is 12.6 Å². The van der Waals surface area contributed by atoms with Crippen LogP contribution in [0.5, 0.6) is 0 Å². The van der Waals surface area contributed by atoms with Gasteiger partial charge in [0.2, 0.25) is 0 Å². The van der Waals surface area contributed by atoms with Crippen molar-refractivity contribution in [2.45, 2.75) is 83.2 Å². The highest BCUT2D eigenvalue weighted by Gasteiger charge is 2.34. The van der Waals surface area contributed by atoms with E-state index < -0.39 is 8.24 Å². The maximum Gasteiger partial charge on any atom is 0.135 e. The quantitative estimate of drug-likeness (QED) is 0.436. The Morgan fingerprint density at radius 1 is 0.941 bits per heavy atom. The fourth-order valence-corrected chi connectivity index (χ4v) is 7.41. The third-order valence-electron chi connectivity index (χ3n) is 3.83. The van der Waals surface area contributed by atoms with E-state index in [1.807, 2.05) is 0 Å². The van der Waals surface area contributed by atoms with Crippen LogP contribution < -0.4 is 5.40 Å². The van der Waals surface area contributed by atoms with Gasteiger partial charge in [0.05, 0.1) is 0 Å². The summed E-state index contributed by atoms with van der Waals surface area (Å²) in [6.45, 7) is 9.14. The second-order valence-electron chi connectivity index (χ2n) is 5.72. The molecule has 0 bridgehead atoms. The molecule has 0 saturated carbocycles. The summed E-state index contributed by atoms with van der Waals surface area (Å²) in [4.78, 5) is 0.501. The van der Waals surface area contributed by atoms with Gasteiger partial charge in [0, 0.05) is 4.87 Å². The van der Waals surface area contributed by atoms with Gasteiger partial charge in [0.25, 0.3) is 0 Å². The molecule has 0 heterocycles. The molecule has 0 radical (unpaired) electrons. The Balaban J connectivity index is 4.28. The van der Waals surface area contributed by atoms with E-state index in [0.29, 0.717) is 4.87 Å². The van der Waals surface area contributed by atoms with Crippen molar-refractivity contribution in [3.8, 4) is 0 Å². The van der Waals surface area contributed by atoms with Crippen LogP contribution in [0.15, 0.2) is 0 Å². The summed E-state index contributed by atoms with van der Waals surface area (Å²) in [7, 11) is -1.60. The molecule has 0 aromatic heterocycles. The van der Waals surface area contributed by atoms with E-state index in [1.54, 1.807) is 0 Å². The fraction of sp³-hybridized carbons (Fsp3) is 1.00. The molecular weight excluding hydrogens is 242 g/mol. The molecule has 0 aromatic carbocycles. The fourth-order valence-electron chi connectivity index (χ4n) is 2.64. The van der Waals surface area contributed by atoms with E-state index in [2.05, 4.69) is 27.7 Å². The zero-order valence-electron chi connectivity index (χ0n) is 12.3. The van der Waals surface area contributed by atoms with Gasteiger partial charge in [0.1, 0.15) is 8.24 Å². The molecule has 3 atom stereocenters. The lowest BCUT2D eigenvalue weighted by molar-refractivity contribution is 0.504. The van der Waals surface area contributed by atoms with E-state index in [1.165, 1.54) is 50.6 Å². The SMILES string of the molecule is CCCC(C)CC[Si](N)(CCC)C(S)CCC. The number of hydrogen-bond acceptors (Lipinski definition) is 2. The van der Waals surface area contributed by atoms with Crippen molar-refractivity contribution in [2.24, 2.45) is 11.3 Å². The molecule has 0 fully saturated rings. The summed E-state index contributed by atoms with van der Waals surface area (Å²) in [5, 5.41) is 6.75. The smallest absolute Gasteiger partial charge is 0.135 e. The van der Waals surface area contributed by atoms with Gasteiger partial charge >= 0.3 is 0 Å². The normalized spacial score (nSPS) is 18.7. The molecule has 2 N–H and O–H groups in total. The van der Waals surface area contributed by atoms with Gasteiger partial charge in [-0.1, -0.05) is 59.8 Å². The van der Waals surface area contributed by atoms with Crippen LogP contribution in [-0.4, -0.2) is 13.1 Å². The zero-order valence-corrected chi connectivity index (χ0v) is 14.2. The first kappa shape index (κ1) is 17.5. The topological polar surface area (TPSA) is 26.0 Å². The molecule has 0 saturated heterocycles. The minimum atomic E-state index is -1.60. The van der Waals surface area contributed by atoms with E-state index in [0.717, 1.165) is 5.92 Å². The lowest BCUT2D eigenvalue weighted by Gasteiger charge is -2.33. The molecule has 1 nitrogen and oxygen atoms in total. The van der Waals surface area contributed by atoms with Gasteiger partial charge < -0.3 is 5.40 Å². The molecule has 0 aromatic rings. The van der Waals surface area contributed by atoms with E-state index >= 15 is 0 Å². The molecule has 3 heteroatoms. The molecule has 104 valence electrons. The van der Waals surface area contributed by atoms with Gasteiger partial charge in [-0.25, -0.2) is 0 Å². The first-order valence-corrected chi connectivity index (χ1v) is 10.6. The van der Waals surface area contributed by atoms with Gasteiger partial charge in [0.15, 0.2) is 0 Å². The largest absolute Gasteiger partial charge is 0.350 e. The molecule has 0 rings (SSSR count). The van der Waals surface area contributed by atoms with Crippen LogP contribution in [0.2, 0.25) is 12.1 Å². The summed E-state index contributed by atoms with van der Waals surface area (Å²) < 4.78 is 0. The highest BCUT2D eigenvalue weighted by atomic mass is 32.1. The van der Waals surface area contributed by atoms with Crippen LogP contribution in [0, 0.1) is 5.92 Å². The van der Waals surface area contributed by atoms with Gasteiger partial charge in [-0.15, -0.1) is 0 Å². The molecule has 17 heavy (non-hydrogen) atoms. The van der Waals surface area contributed by atoms with Crippen molar-refractivity contribution in [3.05, 3.63) is 0 Å². The Hall–Kier alpha value is 0.527. The monoisotopic (exact) mass is 275 g/mol. The Labute approximate surface area is 115 Å². The van der Waals surface area contributed by atoms with Crippen molar-refractivity contribution in [1.82, 2.24) is 0 Å². The van der Waals surface area contributed by atoms with Crippen LogP contribution in [0.25, 0.3) is 0 Å². The molecule has 3 unspecified atom stereocenters. The third-order valence-corrected chi connectivity index (χ3v) is 9.89. The van der Waals surface area contributed by atoms with E-state index in [9.17, 15) is 0 Å². The summed E-state index contributed by atoms with van der Waals surface area (Å²) in [6.07, 6.45) is 7.61. The first-order chi connectivity index (χ1) is 8.00. The van der Waals surface area contributed by atoms with Crippen molar-refractivity contribution in [1.29, 1.82) is 0 Å². The Bertz CT molecular complexity index is 189. The second kappa shape index (κ2) is 9.46. The van der Waals surface area contributed by atoms with Gasteiger partial charge in [-0.3, -0.25) is 0 Å². The van der Waals surface area contributed by atoms with Crippen LogP contribution in [0.3, 0.4) is 0 Å². The molecule has 0 spiro atoms. The number of rotatable bonds is 10. The van der Waals surface area contributed by atoms with E-state index in [4.69, 9.17) is 18.0 Å². The minimum Gasteiger partial charge on any atom is -0.350 e. The molecule has 0 aliphatic heterocycles. The Morgan fingerprint density at radius 3 is 2.00 bits per heavy atom. The minimum absolute atomic E-state index is 0.501. The van der Waals surface area contributed by atoms with E-state index in [-0.39, 0.29) is 0 Å². The standard InChI is InChI=1S/C14H33NSSi/c1-5-8-13(4)10-12-17(15,11-7-3)14(16)9-6-2/h13-14,16H,5-12,15H2,1-4H3. The van der Waals surface area contributed by atoms with Crippen LogP contribution in [0.4, 0.5) is 0 Å². The zero-order chi connectivity index (χ0) is 13.3. The van der Waals surface area contributed by atoms with Crippen molar-refractivity contribution < 1.29 is 0 Å². The predicted molar refractivity (Wildman–Crippen MR) is 86.2 cm³/mol. The maximum absolute atomic E-state index is 6.75. The highest BCUT2D eigenvalue weighted by molar-refractivity contribution is 7.83. The van der Waals surface area contributed by atoms with Gasteiger partial charge in [-0.05, 0) is 24.4 Å². The molecular formula is C14H33NSSi. The van der Waals surface area contributed by atoms with Crippen LogP contribution in [0.1, 0.15) is 66.2 Å².